The molecule has 0 amide bonds. The van der Waals surface area contributed by atoms with Crippen LogP contribution in [0.2, 0.25) is 0 Å². The Hall–Kier alpha value is -1.35. The molecule has 1 aromatic rings. The van der Waals surface area contributed by atoms with E-state index in [4.69, 9.17) is 4.74 Å². The molecule has 2 heterocycles. The first kappa shape index (κ1) is 15.2. The van der Waals surface area contributed by atoms with E-state index in [0.29, 0.717) is 24.6 Å². The summed E-state index contributed by atoms with van der Waals surface area (Å²) in [6, 6.07) is 9.89. The van der Waals surface area contributed by atoms with E-state index in [1.54, 1.807) is 0 Å². The third-order valence-corrected chi connectivity index (χ3v) is 6.76. The number of ether oxygens (including phenoxy) is 1. The molecule has 0 radical (unpaired) electrons. The SMILES string of the molecule is CCOC(=O)C1CC2C3Cc4ccccc4[C@@]2(C)CC1N3CC. The Morgan fingerprint density at radius 2 is 2.09 bits per heavy atom. The highest BCUT2D eigenvalue weighted by molar-refractivity contribution is 5.74. The number of rotatable bonds is 3. The van der Waals surface area contributed by atoms with Gasteiger partial charge in [-0.15, -0.1) is 0 Å². The van der Waals surface area contributed by atoms with Crippen molar-refractivity contribution < 1.29 is 9.53 Å². The maximum atomic E-state index is 12.5. The molecule has 4 aliphatic rings. The second-order valence-electron chi connectivity index (χ2n) is 7.65. The van der Waals surface area contributed by atoms with Gasteiger partial charge in [-0.1, -0.05) is 38.1 Å². The summed E-state index contributed by atoms with van der Waals surface area (Å²) in [5, 5.41) is 0. The Bertz CT molecular complexity index is 628. The smallest absolute Gasteiger partial charge is 0.310 e. The van der Waals surface area contributed by atoms with Crippen LogP contribution in [0, 0.1) is 11.8 Å². The van der Waals surface area contributed by atoms with Crippen molar-refractivity contribution >= 4 is 5.97 Å². The minimum absolute atomic E-state index is 0.0234. The molecule has 23 heavy (non-hydrogen) atoms. The zero-order valence-electron chi connectivity index (χ0n) is 14.4. The highest BCUT2D eigenvalue weighted by atomic mass is 16.5. The van der Waals surface area contributed by atoms with Gasteiger partial charge in [-0.05, 0) is 55.2 Å². The van der Waals surface area contributed by atoms with Crippen molar-refractivity contribution in [3.05, 3.63) is 35.4 Å². The van der Waals surface area contributed by atoms with Crippen molar-refractivity contribution in [2.24, 2.45) is 11.8 Å². The molecule has 5 atom stereocenters. The first-order valence-electron chi connectivity index (χ1n) is 9.11. The maximum Gasteiger partial charge on any atom is 0.310 e. The van der Waals surface area contributed by atoms with Gasteiger partial charge in [0.1, 0.15) is 0 Å². The zero-order chi connectivity index (χ0) is 16.2. The summed E-state index contributed by atoms with van der Waals surface area (Å²) in [6.07, 6.45) is 3.22. The van der Waals surface area contributed by atoms with Crippen LogP contribution in [0.5, 0.6) is 0 Å². The highest BCUT2D eigenvalue weighted by Crippen LogP contribution is 2.58. The number of piperidine rings is 2. The largest absolute Gasteiger partial charge is 0.466 e. The summed E-state index contributed by atoms with van der Waals surface area (Å²) < 4.78 is 5.39. The molecule has 0 aromatic heterocycles. The molecule has 2 aliphatic carbocycles. The Morgan fingerprint density at radius 1 is 1.30 bits per heavy atom. The monoisotopic (exact) mass is 313 g/mol. The number of nitrogens with zero attached hydrogens (tertiary/aromatic N) is 1. The summed E-state index contributed by atoms with van der Waals surface area (Å²) in [7, 11) is 0. The van der Waals surface area contributed by atoms with Gasteiger partial charge in [-0.3, -0.25) is 9.69 Å². The van der Waals surface area contributed by atoms with E-state index >= 15 is 0 Å². The topological polar surface area (TPSA) is 29.5 Å². The number of carbonyl (C=O) groups excluding carboxylic acids is 1. The summed E-state index contributed by atoms with van der Waals surface area (Å²) in [4.78, 5) is 15.1. The molecule has 0 spiro atoms. The van der Waals surface area contributed by atoms with Crippen LogP contribution in [0.15, 0.2) is 24.3 Å². The quantitative estimate of drug-likeness (QED) is 0.803. The Labute approximate surface area is 139 Å². The van der Waals surface area contributed by atoms with Crippen LogP contribution >= 0.6 is 0 Å². The molecule has 2 saturated heterocycles. The van der Waals surface area contributed by atoms with Gasteiger partial charge >= 0.3 is 5.97 Å². The van der Waals surface area contributed by atoms with Crippen molar-refractivity contribution in [2.75, 3.05) is 13.2 Å². The molecule has 5 rings (SSSR count). The summed E-state index contributed by atoms with van der Waals surface area (Å²) >= 11 is 0. The lowest BCUT2D eigenvalue weighted by molar-refractivity contribution is -0.165. The average molecular weight is 313 g/mol. The average Bonchev–Trinajstić information content (AvgIpc) is 2.55. The number of carbonyl (C=O) groups is 1. The van der Waals surface area contributed by atoms with Gasteiger partial charge in [0.2, 0.25) is 0 Å². The number of fused-ring (bicyclic) bond motifs is 2. The van der Waals surface area contributed by atoms with E-state index in [9.17, 15) is 4.79 Å². The first-order valence-corrected chi connectivity index (χ1v) is 9.11. The van der Waals surface area contributed by atoms with Gasteiger partial charge in [0.15, 0.2) is 0 Å². The number of esters is 1. The molecule has 124 valence electrons. The van der Waals surface area contributed by atoms with E-state index in [-0.39, 0.29) is 17.3 Å². The van der Waals surface area contributed by atoms with E-state index in [1.165, 1.54) is 11.1 Å². The van der Waals surface area contributed by atoms with Crippen LogP contribution in [0.3, 0.4) is 0 Å². The van der Waals surface area contributed by atoms with Crippen LogP contribution < -0.4 is 0 Å². The number of benzene rings is 1. The van der Waals surface area contributed by atoms with Gasteiger partial charge in [0, 0.05) is 12.1 Å². The lowest BCUT2D eigenvalue weighted by Crippen LogP contribution is -2.69. The molecular formula is C20H27NO2. The normalized spacial score (nSPS) is 38.2. The molecular weight excluding hydrogens is 286 g/mol. The predicted molar refractivity (Wildman–Crippen MR) is 90.3 cm³/mol. The second kappa shape index (κ2) is 5.34. The number of hydrogen-bond donors (Lipinski definition) is 0. The van der Waals surface area contributed by atoms with Gasteiger partial charge in [-0.2, -0.15) is 0 Å². The summed E-state index contributed by atoms with van der Waals surface area (Å²) in [5.41, 5.74) is 3.27. The maximum absolute atomic E-state index is 12.5. The van der Waals surface area contributed by atoms with Crippen molar-refractivity contribution in [3.8, 4) is 0 Å². The van der Waals surface area contributed by atoms with E-state index < -0.39 is 0 Å². The minimum atomic E-state index is 0.0234. The third kappa shape index (κ3) is 2.02. The molecule has 4 bridgehead atoms. The molecule has 2 aliphatic heterocycles. The van der Waals surface area contributed by atoms with Gasteiger partial charge in [0.25, 0.3) is 0 Å². The van der Waals surface area contributed by atoms with Crippen LogP contribution in [-0.4, -0.2) is 36.1 Å². The first-order chi connectivity index (χ1) is 11.1. The van der Waals surface area contributed by atoms with Crippen LogP contribution in [-0.2, 0) is 21.4 Å². The second-order valence-corrected chi connectivity index (χ2v) is 7.65. The Morgan fingerprint density at radius 3 is 2.83 bits per heavy atom. The van der Waals surface area contributed by atoms with E-state index in [1.807, 2.05) is 6.92 Å². The fraction of sp³-hybridized carbons (Fsp3) is 0.650. The van der Waals surface area contributed by atoms with E-state index in [2.05, 4.69) is 43.0 Å². The number of hydrogen-bond acceptors (Lipinski definition) is 3. The van der Waals surface area contributed by atoms with Crippen molar-refractivity contribution in [1.82, 2.24) is 4.90 Å². The molecule has 1 saturated carbocycles. The molecule has 3 heteroatoms. The lowest BCUT2D eigenvalue weighted by atomic mass is 9.50. The minimum Gasteiger partial charge on any atom is -0.466 e. The third-order valence-electron chi connectivity index (χ3n) is 6.76. The summed E-state index contributed by atoms with van der Waals surface area (Å²) in [6.45, 7) is 8.09. The Balaban J connectivity index is 1.75. The van der Waals surface area contributed by atoms with Gasteiger partial charge in [0.05, 0.1) is 12.5 Å². The molecule has 3 fully saturated rings. The van der Waals surface area contributed by atoms with Gasteiger partial charge < -0.3 is 4.74 Å². The van der Waals surface area contributed by atoms with E-state index in [0.717, 1.165) is 25.8 Å². The van der Waals surface area contributed by atoms with Crippen molar-refractivity contribution in [3.63, 3.8) is 0 Å². The van der Waals surface area contributed by atoms with Crippen molar-refractivity contribution in [1.29, 1.82) is 0 Å². The van der Waals surface area contributed by atoms with Crippen LogP contribution in [0.4, 0.5) is 0 Å². The Kier molecular flexibility index (Phi) is 3.53. The predicted octanol–water partition coefficient (Wildman–Crippen LogP) is 3.16. The molecule has 1 aromatic carbocycles. The van der Waals surface area contributed by atoms with Crippen LogP contribution in [0.1, 0.15) is 44.7 Å². The standard InChI is InChI=1S/C20H27NO2/c1-4-21-17-10-13-8-6-7-9-15(13)20(3)12-18(21)14(11-16(17)20)19(22)23-5-2/h6-9,14,16-18H,4-5,10-12H2,1-3H3/t14?,16?,17?,18?,20-/m1/s1. The highest BCUT2D eigenvalue weighted by Gasteiger charge is 2.60. The number of likely N-dealkylation sites (N-methyl/N-ethyl adjacent to an activating group) is 1. The van der Waals surface area contributed by atoms with Crippen molar-refractivity contribution in [2.45, 2.75) is 57.5 Å². The van der Waals surface area contributed by atoms with Crippen LogP contribution in [0.25, 0.3) is 0 Å². The molecule has 3 nitrogen and oxygen atoms in total. The lowest BCUT2D eigenvalue weighted by Gasteiger charge is -2.64. The fourth-order valence-electron chi connectivity index (χ4n) is 5.85. The zero-order valence-corrected chi connectivity index (χ0v) is 14.4. The van der Waals surface area contributed by atoms with Gasteiger partial charge in [-0.25, -0.2) is 0 Å². The molecule has 0 N–H and O–H groups in total. The molecule has 4 unspecified atom stereocenters. The fourth-order valence-corrected chi connectivity index (χ4v) is 5.85. The summed E-state index contributed by atoms with van der Waals surface area (Å²) in [5.74, 6) is 0.654.